The van der Waals surface area contributed by atoms with E-state index in [0.29, 0.717) is 0 Å². The van der Waals surface area contributed by atoms with Crippen LogP contribution in [0.4, 0.5) is 0 Å². The van der Waals surface area contributed by atoms with Gasteiger partial charge < -0.3 is 17.3 Å². The lowest BCUT2D eigenvalue weighted by atomic mass is 10.1. The van der Waals surface area contributed by atoms with Crippen LogP contribution in [0.5, 0.6) is 0 Å². The predicted molar refractivity (Wildman–Crippen MR) is 71.6 cm³/mol. The van der Waals surface area contributed by atoms with Crippen molar-refractivity contribution < 1.29 is 17.3 Å². The van der Waals surface area contributed by atoms with Gasteiger partial charge in [0.25, 0.3) is 0 Å². The van der Waals surface area contributed by atoms with Crippen LogP contribution in [0.1, 0.15) is 30.7 Å². The molecule has 102 valence electrons. The van der Waals surface area contributed by atoms with Gasteiger partial charge in [-0.3, -0.25) is 0 Å². The predicted octanol–water partition coefficient (Wildman–Crippen LogP) is -1.74. The highest BCUT2D eigenvalue weighted by Crippen LogP contribution is 2.12. The molecule has 0 atom stereocenters. The average molecular weight is 288 g/mol. The molecule has 0 amide bonds. The summed E-state index contributed by atoms with van der Waals surface area (Å²) in [5.74, 6) is 1.14. The van der Waals surface area contributed by atoms with Crippen LogP contribution in [0.15, 0.2) is 11.2 Å². The van der Waals surface area contributed by atoms with Crippen LogP contribution in [-0.4, -0.2) is 35.4 Å². The summed E-state index contributed by atoms with van der Waals surface area (Å²) < 4.78 is 0. The van der Waals surface area contributed by atoms with E-state index in [0.717, 1.165) is 22.3 Å². The van der Waals surface area contributed by atoms with Crippen molar-refractivity contribution in [3.05, 3.63) is 17.5 Å². The zero-order valence-corrected chi connectivity index (χ0v) is 12.8. The standard InChI is InChI=1S/C13H21N3S.ClH/c1-11-10-12(2)15-13(14-11)17-9-8-16-6-4-3-5-7-16;/h10H,3-9H2,1-2H3;1H. The molecule has 2 heterocycles. The molecule has 1 aromatic heterocycles. The molecule has 1 aliphatic heterocycles. The summed E-state index contributed by atoms with van der Waals surface area (Å²) in [7, 11) is 0. The fourth-order valence-corrected chi connectivity index (χ4v) is 3.34. The van der Waals surface area contributed by atoms with Crippen molar-refractivity contribution in [3.8, 4) is 0 Å². The van der Waals surface area contributed by atoms with Crippen molar-refractivity contribution in [3.63, 3.8) is 0 Å². The zero-order valence-electron chi connectivity index (χ0n) is 11.2. The first-order chi connectivity index (χ1) is 8.24. The smallest absolute Gasteiger partial charge is 0.188 e. The van der Waals surface area contributed by atoms with Crippen molar-refractivity contribution in [1.82, 2.24) is 9.97 Å². The van der Waals surface area contributed by atoms with E-state index in [1.807, 2.05) is 19.9 Å². The fraction of sp³-hybridized carbons (Fsp3) is 0.692. The number of aromatic nitrogens is 2. The summed E-state index contributed by atoms with van der Waals surface area (Å²) in [6.45, 7) is 8.03. The Bertz CT molecular complexity index is 347. The topological polar surface area (TPSA) is 30.2 Å². The third-order valence-electron chi connectivity index (χ3n) is 3.21. The van der Waals surface area contributed by atoms with Crippen molar-refractivity contribution in [2.75, 3.05) is 25.4 Å². The number of hydrogen-bond acceptors (Lipinski definition) is 3. The van der Waals surface area contributed by atoms with Crippen LogP contribution in [0.3, 0.4) is 0 Å². The minimum absolute atomic E-state index is 0. The zero-order chi connectivity index (χ0) is 12.1. The second-order valence-corrected chi connectivity index (χ2v) is 5.90. The molecule has 0 radical (unpaired) electrons. The highest BCUT2D eigenvalue weighted by Gasteiger charge is 2.13. The molecule has 2 rings (SSSR count). The van der Waals surface area contributed by atoms with Gasteiger partial charge in [-0.15, -0.1) is 0 Å². The van der Waals surface area contributed by atoms with Gasteiger partial charge in [0.05, 0.1) is 25.4 Å². The summed E-state index contributed by atoms with van der Waals surface area (Å²) in [6, 6.07) is 2.03. The minimum atomic E-state index is 0. The Morgan fingerprint density at radius 3 is 2.33 bits per heavy atom. The Morgan fingerprint density at radius 2 is 1.72 bits per heavy atom. The van der Waals surface area contributed by atoms with Crippen molar-refractivity contribution >= 4 is 11.8 Å². The third kappa shape index (κ3) is 5.12. The van der Waals surface area contributed by atoms with Gasteiger partial charge in [-0.25, -0.2) is 9.97 Å². The molecule has 1 saturated heterocycles. The van der Waals surface area contributed by atoms with Crippen LogP contribution >= 0.6 is 11.8 Å². The lowest BCUT2D eigenvalue weighted by molar-refractivity contribution is -0.902. The molecule has 3 nitrogen and oxygen atoms in total. The van der Waals surface area contributed by atoms with Gasteiger partial charge in [0.15, 0.2) is 5.16 Å². The summed E-state index contributed by atoms with van der Waals surface area (Å²) in [5.41, 5.74) is 2.15. The molecule has 1 aliphatic rings. The van der Waals surface area contributed by atoms with Gasteiger partial charge in [-0.2, -0.15) is 0 Å². The molecule has 0 saturated carbocycles. The Hall–Kier alpha value is -0.320. The normalized spacial score (nSPS) is 16.3. The van der Waals surface area contributed by atoms with Gasteiger partial charge in [0, 0.05) is 11.4 Å². The SMILES string of the molecule is Cc1cc(C)nc(SCC[NH+]2CCCCC2)n1.[Cl-]. The van der Waals surface area contributed by atoms with Gasteiger partial charge in [0.1, 0.15) is 0 Å². The van der Waals surface area contributed by atoms with E-state index in [2.05, 4.69) is 9.97 Å². The first kappa shape index (κ1) is 15.7. The Labute approximate surface area is 120 Å². The maximum Gasteiger partial charge on any atom is 0.188 e. The lowest BCUT2D eigenvalue weighted by Gasteiger charge is -2.23. The maximum atomic E-state index is 4.46. The summed E-state index contributed by atoms with van der Waals surface area (Å²) in [4.78, 5) is 10.7. The van der Waals surface area contributed by atoms with E-state index >= 15 is 0 Å². The Balaban J connectivity index is 0.00000162. The highest BCUT2D eigenvalue weighted by atomic mass is 35.5. The second-order valence-electron chi connectivity index (χ2n) is 4.84. The number of nitrogens with one attached hydrogen (secondary N) is 1. The first-order valence-electron chi connectivity index (χ1n) is 6.53. The number of halogens is 1. The number of likely N-dealkylation sites (tertiary alicyclic amines) is 1. The van der Waals surface area contributed by atoms with Crippen molar-refractivity contribution in [1.29, 1.82) is 0 Å². The van der Waals surface area contributed by atoms with Crippen molar-refractivity contribution in [2.24, 2.45) is 0 Å². The maximum absolute atomic E-state index is 4.46. The van der Waals surface area contributed by atoms with E-state index < -0.39 is 0 Å². The fourth-order valence-electron chi connectivity index (χ4n) is 2.35. The molecule has 0 aromatic carbocycles. The number of aryl methyl sites for hydroxylation is 2. The first-order valence-corrected chi connectivity index (χ1v) is 7.51. The Morgan fingerprint density at radius 1 is 1.11 bits per heavy atom. The van der Waals surface area contributed by atoms with E-state index in [-0.39, 0.29) is 12.4 Å². The lowest BCUT2D eigenvalue weighted by Crippen LogP contribution is -3.13. The van der Waals surface area contributed by atoms with E-state index in [1.165, 1.54) is 38.9 Å². The number of rotatable bonds is 4. The van der Waals surface area contributed by atoms with Crippen LogP contribution < -0.4 is 17.3 Å². The number of hydrogen-bond donors (Lipinski definition) is 1. The second kappa shape index (κ2) is 7.97. The van der Waals surface area contributed by atoms with Crippen molar-refractivity contribution in [2.45, 2.75) is 38.3 Å². The van der Waals surface area contributed by atoms with Gasteiger partial charge in [0.2, 0.25) is 0 Å². The molecule has 0 unspecified atom stereocenters. The van der Waals surface area contributed by atoms with Crippen LogP contribution in [0, 0.1) is 13.8 Å². The van der Waals surface area contributed by atoms with E-state index in [4.69, 9.17) is 0 Å². The monoisotopic (exact) mass is 287 g/mol. The molecule has 18 heavy (non-hydrogen) atoms. The quantitative estimate of drug-likeness (QED) is 0.527. The average Bonchev–Trinajstić information content (AvgIpc) is 2.29. The van der Waals surface area contributed by atoms with Gasteiger partial charge in [-0.1, -0.05) is 11.8 Å². The summed E-state index contributed by atoms with van der Waals surface area (Å²) in [5, 5.41) is 0.943. The molecule has 0 bridgehead atoms. The molecular weight excluding hydrogens is 266 g/mol. The summed E-state index contributed by atoms with van der Waals surface area (Å²) in [6.07, 6.45) is 4.23. The molecule has 1 aromatic rings. The molecule has 0 spiro atoms. The molecule has 0 aliphatic carbocycles. The molecular formula is C13H22ClN3S. The van der Waals surface area contributed by atoms with Crippen LogP contribution in [0.2, 0.25) is 0 Å². The Kier molecular flexibility index (Phi) is 6.97. The highest BCUT2D eigenvalue weighted by molar-refractivity contribution is 7.99. The largest absolute Gasteiger partial charge is 1.00 e. The molecule has 5 heteroatoms. The molecule has 1 fully saturated rings. The molecule has 1 N–H and O–H groups in total. The number of thioether (sulfide) groups is 1. The van der Waals surface area contributed by atoms with Crippen LogP contribution in [0.25, 0.3) is 0 Å². The number of quaternary nitrogens is 1. The summed E-state index contributed by atoms with van der Waals surface area (Å²) >= 11 is 1.80. The number of nitrogens with zero attached hydrogens (tertiary/aromatic N) is 2. The van der Waals surface area contributed by atoms with E-state index in [1.54, 1.807) is 16.7 Å². The third-order valence-corrected chi connectivity index (χ3v) is 4.06. The van der Waals surface area contributed by atoms with Gasteiger partial charge in [-0.05, 0) is 39.2 Å². The van der Waals surface area contributed by atoms with Gasteiger partial charge >= 0.3 is 0 Å². The van der Waals surface area contributed by atoms with Crippen LogP contribution in [-0.2, 0) is 0 Å². The number of piperidine rings is 1. The minimum Gasteiger partial charge on any atom is -1.00 e. The van der Waals surface area contributed by atoms with E-state index in [9.17, 15) is 0 Å².